The van der Waals surface area contributed by atoms with E-state index in [1.807, 2.05) is 0 Å². The standard InChI is InChI=1S/C17H15ClN4O6S/c1-22(27-2)29(25,26)14-9-11(6-7-13(14)18)16(23)19-12-5-3-4-10(8-12)15-20-17(24)28-21-15/h3-9H,1-2H3,(H,19,23)(H,20,21,24). The fourth-order valence-corrected chi connectivity index (χ4v) is 3.85. The molecular formula is C17H15ClN4O6S. The van der Waals surface area contributed by atoms with E-state index in [4.69, 9.17) is 16.4 Å². The number of hydrogen-bond donors (Lipinski definition) is 2. The number of carbonyl (C=O) groups excluding carboxylic acids is 1. The second-order valence-corrected chi connectivity index (χ2v) is 8.03. The van der Waals surface area contributed by atoms with Crippen molar-refractivity contribution in [2.24, 2.45) is 0 Å². The maximum atomic E-state index is 12.6. The van der Waals surface area contributed by atoms with Crippen molar-refractivity contribution in [1.29, 1.82) is 0 Å². The summed E-state index contributed by atoms with van der Waals surface area (Å²) in [5, 5.41) is 6.17. The summed E-state index contributed by atoms with van der Waals surface area (Å²) in [6, 6.07) is 10.3. The fraction of sp³-hybridized carbons (Fsp3) is 0.118. The van der Waals surface area contributed by atoms with Crippen molar-refractivity contribution in [3.05, 3.63) is 63.6 Å². The Morgan fingerprint density at radius 1 is 1.28 bits per heavy atom. The monoisotopic (exact) mass is 438 g/mol. The molecule has 0 bridgehead atoms. The molecule has 1 aromatic heterocycles. The molecule has 152 valence electrons. The summed E-state index contributed by atoms with van der Waals surface area (Å²) in [5.41, 5.74) is 0.970. The van der Waals surface area contributed by atoms with Crippen LogP contribution in [0.3, 0.4) is 0 Å². The summed E-state index contributed by atoms with van der Waals surface area (Å²) in [4.78, 5) is 30.6. The summed E-state index contributed by atoms with van der Waals surface area (Å²) in [6.07, 6.45) is 0. The number of aromatic nitrogens is 2. The van der Waals surface area contributed by atoms with Gasteiger partial charge in [-0.2, -0.15) is 0 Å². The largest absolute Gasteiger partial charge is 0.439 e. The second kappa shape index (κ2) is 8.17. The quantitative estimate of drug-likeness (QED) is 0.562. The number of aromatic amines is 1. The fourth-order valence-electron chi connectivity index (χ4n) is 2.38. The number of sulfonamides is 1. The van der Waals surface area contributed by atoms with E-state index in [9.17, 15) is 18.0 Å². The van der Waals surface area contributed by atoms with E-state index in [1.165, 1.54) is 26.3 Å². The first kappa shape index (κ1) is 20.7. The van der Waals surface area contributed by atoms with Crippen molar-refractivity contribution >= 4 is 33.2 Å². The average Bonchev–Trinajstić information content (AvgIpc) is 3.14. The van der Waals surface area contributed by atoms with Crippen LogP contribution in [-0.4, -0.2) is 43.1 Å². The van der Waals surface area contributed by atoms with E-state index >= 15 is 0 Å². The molecule has 10 nitrogen and oxygen atoms in total. The lowest BCUT2D eigenvalue weighted by Gasteiger charge is -2.16. The van der Waals surface area contributed by atoms with Gasteiger partial charge in [-0.3, -0.25) is 19.1 Å². The zero-order valence-corrected chi connectivity index (χ0v) is 16.7. The molecular weight excluding hydrogens is 424 g/mol. The summed E-state index contributed by atoms with van der Waals surface area (Å²) >= 11 is 6.00. The number of nitrogens with zero attached hydrogens (tertiary/aromatic N) is 2. The van der Waals surface area contributed by atoms with E-state index in [0.717, 1.165) is 6.07 Å². The summed E-state index contributed by atoms with van der Waals surface area (Å²) in [7, 11) is -1.64. The maximum Gasteiger partial charge on any atom is 0.439 e. The maximum absolute atomic E-state index is 12.6. The zero-order chi connectivity index (χ0) is 21.2. The highest BCUT2D eigenvalue weighted by atomic mass is 35.5. The van der Waals surface area contributed by atoms with Crippen LogP contribution >= 0.6 is 11.6 Å². The highest BCUT2D eigenvalue weighted by molar-refractivity contribution is 7.89. The SMILES string of the molecule is CON(C)S(=O)(=O)c1cc(C(=O)Nc2cccc(-c3noc(=O)[nH]3)c2)ccc1Cl. The minimum atomic E-state index is -4.04. The van der Waals surface area contributed by atoms with Crippen LogP contribution in [0.2, 0.25) is 5.02 Å². The van der Waals surface area contributed by atoms with Gasteiger partial charge < -0.3 is 5.32 Å². The lowest BCUT2D eigenvalue weighted by atomic mass is 10.1. The van der Waals surface area contributed by atoms with E-state index in [-0.39, 0.29) is 21.3 Å². The summed E-state index contributed by atoms with van der Waals surface area (Å²) in [6.45, 7) is 0. The first-order chi connectivity index (χ1) is 13.7. The third-order valence-corrected chi connectivity index (χ3v) is 6.06. The Bertz CT molecular complexity index is 1220. The van der Waals surface area contributed by atoms with Crippen molar-refractivity contribution < 1.29 is 22.6 Å². The van der Waals surface area contributed by atoms with Crippen LogP contribution in [-0.2, 0) is 14.9 Å². The van der Waals surface area contributed by atoms with E-state index in [2.05, 4.69) is 20.0 Å². The van der Waals surface area contributed by atoms with Gasteiger partial charge in [0, 0.05) is 23.9 Å². The Morgan fingerprint density at radius 3 is 2.69 bits per heavy atom. The number of halogens is 1. The molecule has 1 amide bonds. The molecule has 0 radical (unpaired) electrons. The minimum Gasteiger partial charge on any atom is -0.322 e. The molecule has 0 saturated carbocycles. The number of H-pyrrole nitrogens is 1. The molecule has 0 spiro atoms. The van der Waals surface area contributed by atoms with Crippen molar-refractivity contribution in [3.8, 4) is 11.4 Å². The molecule has 2 N–H and O–H groups in total. The number of hydrogen-bond acceptors (Lipinski definition) is 7. The molecule has 29 heavy (non-hydrogen) atoms. The molecule has 1 heterocycles. The minimum absolute atomic E-state index is 0.0533. The second-order valence-electron chi connectivity index (χ2n) is 5.72. The van der Waals surface area contributed by atoms with E-state index in [0.29, 0.717) is 15.7 Å². The number of nitrogens with one attached hydrogen (secondary N) is 2. The number of carbonyl (C=O) groups is 1. The summed E-state index contributed by atoms with van der Waals surface area (Å²) in [5.74, 6) is -1.07. The van der Waals surface area contributed by atoms with Crippen molar-refractivity contribution in [1.82, 2.24) is 14.6 Å². The van der Waals surface area contributed by atoms with Gasteiger partial charge in [0.2, 0.25) is 0 Å². The highest BCUT2D eigenvalue weighted by Gasteiger charge is 2.25. The normalized spacial score (nSPS) is 11.6. The smallest absolute Gasteiger partial charge is 0.322 e. The molecule has 3 rings (SSSR count). The number of rotatable bonds is 6. The van der Waals surface area contributed by atoms with E-state index in [1.54, 1.807) is 24.3 Å². The Labute approximate surface area is 170 Å². The van der Waals surface area contributed by atoms with Gasteiger partial charge in [0.25, 0.3) is 15.9 Å². The lowest BCUT2D eigenvalue weighted by molar-refractivity contribution is -0.0258. The number of anilines is 1. The number of hydroxylamine groups is 1. The van der Waals surface area contributed by atoms with Gasteiger partial charge in [-0.05, 0) is 30.3 Å². The van der Waals surface area contributed by atoms with Gasteiger partial charge in [-0.1, -0.05) is 33.4 Å². The third-order valence-electron chi connectivity index (χ3n) is 3.90. The van der Waals surface area contributed by atoms with Gasteiger partial charge in [-0.25, -0.2) is 13.2 Å². The zero-order valence-electron chi connectivity index (χ0n) is 15.2. The van der Waals surface area contributed by atoms with Crippen LogP contribution in [0, 0.1) is 0 Å². The molecule has 0 aliphatic carbocycles. The molecule has 0 atom stereocenters. The van der Waals surface area contributed by atoms with Crippen LogP contribution in [0.15, 0.2) is 56.7 Å². The first-order valence-electron chi connectivity index (χ1n) is 8.03. The van der Waals surface area contributed by atoms with Gasteiger partial charge in [-0.15, -0.1) is 0 Å². The predicted molar refractivity (Wildman–Crippen MR) is 104 cm³/mol. The molecule has 0 aliphatic heterocycles. The van der Waals surface area contributed by atoms with Crippen LogP contribution in [0.4, 0.5) is 5.69 Å². The number of amides is 1. The molecule has 0 fully saturated rings. The molecule has 0 aliphatic rings. The topological polar surface area (TPSA) is 135 Å². The molecule has 0 saturated heterocycles. The Balaban J connectivity index is 1.89. The molecule has 2 aromatic carbocycles. The van der Waals surface area contributed by atoms with Crippen molar-refractivity contribution in [2.75, 3.05) is 19.5 Å². The summed E-state index contributed by atoms with van der Waals surface area (Å²) < 4.78 is 30.0. The van der Waals surface area contributed by atoms with Gasteiger partial charge in [0.15, 0.2) is 5.82 Å². The van der Waals surface area contributed by atoms with Gasteiger partial charge >= 0.3 is 5.76 Å². The Hall–Kier alpha value is -2.99. The van der Waals surface area contributed by atoms with Crippen molar-refractivity contribution in [3.63, 3.8) is 0 Å². The van der Waals surface area contributed by atoms with Crippen LogP contribution in [0.1, 0.15) is 10.4 Å². The Morgan fingerprint density at radius 2 is 2.03 bits per heavy atom. The first-order valence-corrected chi connectivity index (χ1v) is 9.84. The van der Waals surface area contributed by atoms with Gasteiger partial charge in [0.1, 0.15) is 4.90 Å². The van der Waals surface area contributed by atoms with Crippen molar-refractivity contribution in [2.45, 2.75) is 4.90 Å². The average molecular weight is 439 g/mol. The van der Waals surface area contributed by atoms with Gasteiger partial charge in [0.05, 0.1) is 12.1 Å². The van der Waals surface area contributed by atoms with E-state index < -0.39 is 21.7 Å². The van der Waals surface area contributed by atoms with Crippen LogP contribution in [0.5, 0.6) is 0 Å². The number of benzene rings is 2. The van der Waals surface area contributed by atoms with Crippen LogP contribution < -0.4 is 11.1 Å². The molecule has 0 unspecified atom stereocenters. The highest BCUT2D eigenvalue weighted by Crippen LogP contribution is 2.26. The molecule has 3 aromatic rings. The molecule has 12 heteroatoms. The van der Waals surface area contributed by atoms with Crippen LogP contribution in [0.25, 0.3) is 11.4 Å². The third kappa shape index (κ3) is 4.38. The lowest BCUT2D eigenvalue weighted by Crippen LogP contribution is -2.26. The predicted octanol–water partition coefficient (Wildman–Crippen LogP) is 2.12. The Kier molecular flexibility index (Phi) is 5.84.